The molecule has 1 aliphatic rings. The van der Waals surface area contributed by atoms with E-state index in [9.17, 15) is 4.39 Å². The first kappa shape index (κ1) is 24.2. The zero-order valence-electron chi connectivity index (χ0n) is 20.1. The molecule has 1 aliphatic carbocycles. The fourth-order valence-corrected chi connectivity index (χ4v) is 4.53. The lowest BCUT2D eigenvalue weighted by molar-refractivity contribution is -0.204. The van der Waals surface area contributed by atoms with E-state index in [1.807, 2.05) is 38.4 Å². The van der Waals surface area contributed by atoms with E-state index in [4.69, 9.17) is 21.1 Å². The molecule has 0 radical (unpaired) electrons. The summed E-state index contributed by atoms with van der Waals surface area (Å²) in [6.45, 7) is 0. The van der Waals surface area contributed by atoms with Crippen molar-refractivity contribution in [2.24, 2.45) is 0 Å². The van der Waals surface area contributed by atoms with Crippen LogP contribution >= 0.6 is 11.6 Å². The molecule has 2 heterocycles. The van der Waals surface area contributed by atoms with Crippen LogP contribution in [0, 0.1) is 5.82 Å². The first-order valence-electron chi connectivity index (χ1n) is 11.4. The minimum absolute atomic E-state index is 0.120. The van der Waals surface area contributed by atoms with Gasteiger partial charge in [0.2, 0.25) is 5.95 Å². The molecule has 5 rings (SSSR count). The fraction of sp³-hybridized carbons (Fsp3) is 0.269. The average molecular weight is 509 g/mol. The Labute approximate surface area is 213 Å². The van der Waals surface area contributed by atoms with E-state index in [2.05, 4.69) is 30.5 Å². The molecule has 0 aliphatic heterocycles. The molecule has 0 unspecified atom stereocenters. The second-order valence-electron chi connectivity index (χ2n) is 8.92. The number of halogens is 2. The summed E-state index contributed by atoms with van der Waals surface area (Å²) in [6.07, 6.45) is 5.02. The minimum Gasteiger partial charge on any atom is -0.490 e. The highest BCUT2D eigenvalue weighted by Crippen LogP contribution is 2.39. The highest BCUT2D eigenvalue weighted by molar-refractivity contribution is 6.35. The van der Waals surface area contributed by atoms with Crippen molar-refractivity contribution in [1.29, 1.82) is 0 Å². The third-order valence-electron chi connectivity index (χ3n) is 6.33. The Balaban J connectivity index is 1.21. The van der Waals surface area contributed by atoms with E-state index in [-0.39, 0.29) is 16.9 Å². The van der Waals surface area contributed by atoms with Crippen molar-refractivity contribution >= 4 is 45.6 Å². The van der Waals surface area contributed by atoms with Crippen LogP contribution in [0.25, 0.3) is 10.9 Å². The summed E-state index contributed by atoms with van der Waals surface area (Å²) in [5, 5.41) is 7.23. The minimum atomic E-state index is -0.416. The quantitative estimate of drug-likeness (QED) is 0.291. The molecule has 0 atom stereocenters. The van der Waals surface area contributed by atoms with Gasteiger partial charge in [-0.3, -0.25) is 9.88 Å². The summed E-state index contributed by atoms with van der Waals surface area (Å²) in [6, 6.07) is 13.8. The predicted molar refractivity (Wildman–Crippen MR) is 139 cm³/mol. The third-order valence-corrected chi connectivity index (χ3v) is 6.62. The number of ether oxygens (including phenoxy) is 2. The Morgan fingerprint density at radius 3 is 2.53 bits per heavy atom. The van der Waals surface area contributed by atoms with Crippen LogP contribution in [0.3, 0.4) is 0 Å². The first-order chi connectivity index (χ1) is 17.3. The summed E-state index contributed by atoms with van der Waals surface area (Å²) in [5.74, 6) is 1.36. The number of aromatic nitrogens is 3. The van der Waals surface area contributed by atoms with E-state index >= 15 is 0 Å². The first-order valence-corrected chi connectivity index (χ1v) is 11.8. The number of anilines is 4. The van der Waals surface area contributed by atoms with Gasteiger partial charge in [-0.25, -0.2) is 9.37 Å². The van der Waals surface area contributed by atoms with Crippen molar-refractivity contribution < 1.29 is 13.9 Å². The van der Waals surface area contributed by atoms with Crippen molar-refractivity contribution in [1.82, 2.24) is 19.9 Å². The molecular weight excluding hydrogens is 483 g/mol. The molecule has 1 fully saturated rings. The monoisotopic (exact) mass is 508 g/mol. The summed E-state index contributed by atoms with van der Waals surface area (Å²) in [5.41, 5.74) is 1.77. The summed E-state index contributed by atoms with van der Waals surface area (Å²) in [7, 11) is 5.77. The number of nitrogens with zero attached hydrogens (tertiary/aromatic N) is 4. The van der Waals surface area contributed by atoms with Crippen LogP contribution in [0.4, 0.5) is 27.5 Å². The lowest BCUT2D eigenvalue weighted by Gasteiger charge is -2.50. The topological polar surface area (TPSA) is 84.4 Å². The number of fused-ring (bicyclic) bond motifs is 1. The van der Waals surface area contributed by atoms with E-state index in [1.54, 1.807) is 31.6 Å². The van der Waals surface area contributed by atoms with Crippen LogP contribution in [0.1, 0.15) is 12.8 Å². The van der Waals surface area contributed by atoms with Crippen LogP contribution in [0.5, 0.6) is 5.75 Å². The largest absolute Gasteiger partial charge is 0.490 e. The van der Waals surface area contributed by atoms with Crippen molar-refractivity contribution in [2.75, 3.05) is 31.8 Å². The van der Waals surface area contributed by atoms with Crippen LogP contribution in [-0.4, -0.2) is 52.9 Å². The van der Waals surface area contributed by atoms with Gasteiger partial charge in [-0.2, -0.15) is 4.98 Å². The van der Waals surface area contributed by atoms with Crippen LogP contribution < -0.4 is 15.4 Å². The van der Waals surface area contributed by atoms with Gasteiger partial charge in [-0.1, -0.05) is 11.6 Å². The number of nitrogens with one attached hydrogen (secondary N) is 2. The number of methoxy groups -OCH3 is 1. The maximum absolute atomic E-state index is 13.7. The average Bonchev–Trinajstić information content (AvgIpc) is 2.82. The third kappa shape index (κ3) is 5.04. The summed E-state index contributed by atoms with van der Waals surface area (Å²) >= 11 is 6.08. The zero-order chi connectivity index (χ0) is 25.3. The van der Waals surface area contributed by atoms with Crippen molar-refractivity contribution in [3.63, 3.8) is 0 Å². The normalized spacial score (nSPS) is 19.2. The molecule has 186 valence electrons. The predicted octanol–water partition coefficient (Wildman–Crippen LogP) is 5.75. The molecule has 2 N–H and O–H groups in total. The van der Waals surface area contributed by atoms with Crippen LogP contribution in [0.15, 0.2) is 60.9 Å². The van der Waals surface area contributed by atoms with Gasteiger partial charge in [0.25, 0.3) is 0 Å². The van der Waals surface area contributed by atoms with Gasteiger partial charge in [0.05, 0.1) is 22.4 Å². The Morgan fingerprint density at radius 1 is 1.03 bits per heavy atom. The summed E-state index contributed by atoms with van der Waals surface area (Å²) in [4.78, 5) is 15.2. The van der Waals surface area contributed by atoms with E-state index in [0.29, 0.717) is 28.4 Å². The van der Waals surface area contributed by atoms with E-state index < -0.39 is 5.82 Å². The smallest absolute Gasteiger partial charge is 0.229 e. The standard InChI is InChI=1S/C26H26ClFN6O2/c1-34(2)26(35-3)13-21(14-26)36-20-6-4-18(5-7-20)32-25-29-9-8-23(33-25)31-19-11-16-10-17(28)12-22(27)24(16)30-15-19/h4-12,15,21H,13-14H2,1-3H3,(H2,29,31,32,33). The molecule has 0 bridgehead atoms. The lowest BCUT2D eigenvalue weighted by Crippen LogP contribution is -2.59. The van der Waals surface area contributed by atoms with Gasteiger partial charge in [0, 0.05) is 37.2 Å². The molecule has 2 aromatic carbocycles. The zero-order valence-corrected chi connectivity index (χ0v) is 20.9. The van der Waals surface area contributed by atoms with Gasteiger partial charge in [0.15, 0.2) is 0 Å². The molecule has 8 nitrogen and oxygen atoms in total. The highest BCUT2D eigenvalue weighted by atomic mass is 35.5. The van der Waals surface area contributed by atoms with Gasteiger partial charge < -0.3 is 20.1 Å². The second kappa shape index (κ2) is 9.85. The van der Waals surface area contributed by atoms with E-state index in [0.717, 1.165) is 24.3 Å². The Morgan fingerprint density at radius 2 is 1.81 bits per heavy atom. The van der Waals surface area contributed by atoms with E-state index in [1.165, 1.54) is 12.1 Å². The molecule has 4 aromatic rings. The number of hydrogen-bond donors (Lipinski definition) is 2. The van der Waals surface area contributed by atoms with Crippen LogP contribution in [-0.2, 0) is 4.74 Å². The molecule has 1 saturated carbocycles. The van der Waals surface area contributed by atoms with Crippen LogP contribution in [0.2, 0.25) is 5.02 Å². The summed E-state index contributed by atoms with van der Waals surface area (Å²) < 4.78 is 25.5. The van der Waals surface area contributed by atoms with Crippen molar-refractivity contribution in [2.45, 2.75) is 24.7 Å². The molecule has 36 heavy (non-hydrogen) atoms. The SMILES string of the molecule is COC1(N(C)C)CC(Oc2ccc(Nc3nccc(Nc4cnc5c(Cl)cc(F)cc5c4)n3)cc2)C1. The maximum Gasteiger partial charge on any atom is 0.229 e. The number of benzene rings is 2. The fourth-order valence-electron chi connectivity index (χ4n) is 4.26. The molecule has 0 spiro atoms. The maximum atomic E-state index is 13.7. The van der Waals surface area contributed by atoms with Crippen molar-refractivity contribution in [3.8, 4) is 5.75 Å². The molecular formula is C26H26ClFN6O2. The van der Waals surface area contributed by atoms with Gasteiger partial charge in [-0.15, -0.1) is 0 Å². The van der Waals surface area contributed by atoms with Crippen molar-refractivity contribution in [3.05, 3.63) is 71.8 Å². The van der Waals surface area contributed by atoms with Gasteiger partial charge >= 0.3 is 0 Å². The van der Waals surface area contributed by atoms with Gasteiger partial charge in [-0.05, 0) is 62.6 Å². The molecule has 0 saturated heterocycles. The highest BCUT2D eigenvalue weighted by Gasteiger charge is 2.48. The number of pyridine rings is 1. The molecule has 2 aromatic heterocycles. The second-order valence-corrected chi connectivity index (χ2v) is 9.32. The number of hydrogen-bond acceptors (Lipinski definition) is 8. The number of rotatable bonds is 8. The lowest BCUT2D eigenvalue weighted by atomic mass is 9.83. The molecule has 0 amide bonds. The Bertz CT molecular complexity index is 1380. The Hall–Kier alpha value is -3.53. The Kier molecular flexibility index (Phi) is 6.61. The van der Waals surface area contributed by atoms with Gasteiger partial charge in [0.1, 0.15) is 29.2 Å². The molecule has 10 heteroatoms.